The van der Waals surface area contributed by atoms with Gasteiger partial charge in [-0.1, -0.05) is 19.8 Å². The number of likely N-dealkylation sites (tertiary alicyclic amines) is 1. The number of rotatable bonds is 8. The monoisotopic (exact) mass is 390 g/mol. The van der Waals surface area contributed by atoms with Crippen LogP contribution in [-0.4, -0.2) is 58.6 Å². The molecule has 0 aromatic carbocycles. The van der Waals surface area contributed by atoms with Crippen molar-refractivity contribution in [2.45, 2.75) is 83.5 Å². The van der Waals surface area contributed by atoms with Gasteiger partial charge in [-0.2, -0.15) is 0 Å². The van der Waals surface area contributed by atoms with Gasteiger partial charge in [-0.05, 0) is 45.4 Å². The van der Waals surface area contributed by atoms with Crippen LogP contribution in [0.2, 0.25) is 0 Å². The van der Waals surface area contributed by atoms with Gasteiger partial charge in [0.15, 0.2) is 0 Å². The van der Waals surface area contributed by atoms with Gasteiger partial charge in [0, 0.05) is 6.04 Å². The minimum Gasteiger partial charge on any atom is -0.480 e. The molecule has 2 aliphatic rings. The van der Waals surface area contributed by atoms with E-state index in [0.29, 0.717) is 19.4 Å². The van der Waals surface area contributed by atoms with E-state index < -0.39 is 24.1 Å². The van der Waals surface area contributed by atoms with Crippen molar-refractivity contribution in [3.05, 3.63) is 0 Å². The Hall–Kier alpha value is -1.34. The first-order valence-corrected chi connectivity index (χ1v) is 9.38. The van der Waals surface area contributed by atoms with Crippen molar-refractivity contribution >= 4 is 30.3 Å². The highest BCUT2D eigenvalue weighted by Gasteiger charge is 2.49. The quantitative estimate of drug-likeness (QED) is 0.615. The first-order chi connectivity index (χ1) is 11.9. The number of hydrogen-bond acceptors (Lipinski definition) is 5. The van der Waals surface area contributed by atoms with Crippen molar-refractivity contribution in [1.82, 2.24) is 10.2 Å². The molecule has 150 valence electrons. The molecule has 2 fully saturated rings. The molecule has 2 N–H and O–H groups in total. The summed E-state index contributed by atoms with van der Waals surface area (Å²) >= 11 is 0. The van der Waals surface area contributed by atoms with Crippen LogP contribution in [0.4, 0.5) is 0 Å². The number of esters is 1. The van der Waals surface area contributed by atoms with E-state index in [1.54, 1.807) is 18.7 Å². The normalized spacial score (nSPS) is 26.6. The van der Waals surface area contributed by atoms with Crippen LogP contribution in [0.15, 0.2) is 0 Å². The molecule has 1 heterocycles. The van der Waals surface area contributed by atoms with Gasteiger partial charge in [0.2, 0.25) is 5.91 Å². The highest BCUT2D eigenvalue weighted by Crippen LogP contribution is 2.41. The fourth-order valence-corrected chi connectivity index (χ4v) is 4.22. The second kappa shape index (κ2) is 10.1. The van der Waals surface area contributed by atoms with Crippen molar-refractivity contribution in [2.24, 2.45) is 5.92 Å². The number of nitrogens with one attached hydrogen (secondary N) is 1. The van der Waals surface area contributed by atoms with E-state index in [0.717, 1.165) is 25.7 Å². The van der Waals surface area contributed by atoms with Gasteiger partial charge in [-0.3, -0.25) is 14.9 Å². The molecule has 0 radical (unpaired) electrons. The molecule has 1 aliphatic carbocycles. The summed E-state index contributed by atoms with van der Waals surface area (Å²) in [5.74, 6) is -1.25. The zero-order valence-electron chi connectivity index (χ0n) is 15.8. The standard InChI is InChI=1S/C18H30N2O5.ClH/c1-4-7-13(18(24)25-5-2)19-11(3)16(21)20-14-9-6-8-12(14)10-15(20)17(22)23;/h11-15,19H,4-10H2,1-3H3,(H,22,23);1H/t11-,12+,13-,14+,15?;/m0./s1. The number of carbonyl (C=O) groups excluding carboxylic acids is 2. The molecule has 1 aliphatic heterocycles. The number of fused-ring (bicyclic) bond motifs is 1. The van der Waals surface area contributed by atoms with Gasteiger partial charge >= 0.3 is 11.9 Å². The smallest absolute Gasteiger partial charge is 0.326 e. The number of carboxylic acids is 1. The molecule has 0 spiro atoms. The van der Waals surface area contributed by atoms with E-state index in [1.807, 2.05) is 6.92 Å². The van der Waals surface area contributed by atoms with Crippen LogP contribution in [-0.2, 0) is 19.1 Å². The number of amides is 1. The Balaban J connectivity index is 0.00000338. The minimum atomic E-state index is -0.939. The number of carbonyl (C=O) groups is 3. The first-order valence-electron chi connectivity index (χ1n) is 9.38. The van der Waals surface area contributed by atoms with E-state index in [-0.39, 0.29) is 36.2 Å². The second-order valence-corrected chi connectivity index (χ2v) is 7.08. The fraction of sp³-hybridized carbons (Fsp3) is 0.833. The summed E-state index contributed by atoms with van der Waals surface area (Å²) in [5, 5.41) is 12.6. The lowest BCUT2D eigenvalue weighted by Gasteiger charge is -2.31. The highest BCUT2D eigenvalue weighted by atomic mass is 35.5. The number of nitrogens with zero attached hydrogens (tertiary/aromatic N) is 1. The summed E-state index contributed by atoms with van der Waals surface area (Å²) in [5.41, 5.74) is 0. The average Bonchev–Trinajstić information content (AvgIpc) is 3.14. The zero-order valence-corrected chi connectivity index (χ0v) is 16.6. The molecule has 0 bridgehead atoms. The molecule has 1 amide bonds. The number of halogens is 1. The van der Waals surface area contributed by atoms with Crippen molar-refractivity contribution in [1.29, 1.82) is 0 Å². The Morgan fingerprint density at radius 2 is 1.96 bits per heavy atom. The molecular formula is C18H31ClN2O5. The minimum absolute atomic E-state index is 0. The van der Waals surface area contributed by atoms with E-state index in [2.05, 4.69) is 5.32 Å². The fourth-order valence-electron chi connectivity index (χ4n) is 4.22. The summed E-state index contributed by atoms with van der Waals surface area (Å²) in [6.45, 7) is 5.70. The van der Waals surface area contributed by atoms with Gasteiger partial charge in [-0.15, -0.1) is 12.4 Å². The molecular weight excluding hydrogens is 360 g/mol. The van der Waals surface area contributed by atoms with E-state index in [4.69, 9.17) is 4.74 Å². The summed E-state index contributed by atoms with van der Waals surface area (Å²) in [6.07, 6.45) is 4.78. The van der Waals surface area contributed by atoms with Crippen molar-refractivity contribution in [3.63, 3.8) is 0 Å². The number of ether oxygens (including phenoxy) is 1. The lowest BCUT2D eigenvalue weighted by atomic mass is 10.0. The summed E-state index contributed by atoms with van der Waals surface area (Å²) in [4.78, 5) is 38.2. The molecule has 8 heteroatoms. The summed E-state index contributed by atoms with van der Waals surface area (Å²) < 4.78 is 5.07. The Bertz CT molecular complexity index is 516. The Morgan fingerprint density at radius 1 is 1.27 bits per heavy atom. The maximum Gasteiger partial charge on any atom is 0.326 e. The number of aliphatic carboxylic acids is 1. The molecule has 0 aromatic rings. The molecule has 26 heavy (non-hydrogen) atoms. The van der Waals surface area contributed by atoms with E-state index >= 15 is 0 Å². The Labute approximate surface area is 161 Å². The van der Waals surface area contributed by atoms with E-state index in [9.17, 15) is 19.5 Å². The Morgan fingerprint density at radius 3 is 2.54 bits per heavy atom. The summed E-state index contributed by atoms with van der Waals surface area (Å²) in [6, 6.07) is -1.90. The van der Waals surface area contributed by atoms with Crippen LogP contribution in [0.1, 0.15) is 59.3 Å². The molecule has 0 aromatic heterocycles. The third-order valence-corrected chi connectivity index (χ3v) is 5.35. The zero-order chi connectivity index (χ0) is 18.6. The molecule has 1 saturated carbocycles. The second-order valence-electron chi connectivity index (χ2n) is 7.08. The number of carboxylic acid groups (broad SMARTS) is 1. The first kappa shape index (κ1) is 22.7. The van der Waals surface area contributed by atoms with Crippen LogP contribution in [0.5, 0.6) is 0 Å². The van der Waals surface area contributed by atoms with Gasteiger partial charge in [0.25, 0.3) is 0 Å². The maximum atomic E-state index is 13.0. The van der Waals surface area contributed by atoms with Gasteiger partial charge in [0.05, 0.1) is 12.6 Å². The predicted octanol–water partition coefficient (Wildman–Crippen LogP) is 1.97. The van der Waals surface area contributed by atoms with Crippen LogP contribution >= 0.6 is 12.4 Å². The topological polar surface area (TPSA) is 95.9 Å². The third kappa shape index (κ3) is 4.88. The number of hydrogen-bond donors (Lipinski definition) is 2. The largest absolute Gasteiger partial charge is 0.480 e. The molecule has 2 rings (SSSR count). The molecule has 7 nitrogen and oxygen atoms in total. The SMILES string of the molecule is CCC[C@H](N[C@@H](C)C(=O)N1C(C(=O)O)C[C@H]2CCC[C@H]21)C(=O)OCC.Cl. The lowest BCUT2D eigenvalue weighted by Crippen LogP contribution is -2.55. The maximum absolute atomic E-state index is 13.0. The van der Waals surface area contributed by atoms with Crippen LogP contribution in [0.3, 0.4) is 0 Å². The van der Waals surface area contributed by atoms with Crippen molar-refractivity contribution in [2.75, 3.05) is 6.61 Å². The van der Waals surface area contributed by atoms with Crippen molar-refractivity contribution < 1.29 is 24.2 Å². The van der Waals surface area contributed by atoms with Crippen LogP contribution in [0.25, 0.3) is 0 Å². The van der Waals surface area contributed by atoms with Crippen molar-refractivity contribution in [3.8, 4) is 0 Å². The van der Waals surface area contributed by atoms with Crippen LogP contribution in [0, 0.1) is 5.92 Å². The third-order valence-electron chi connectivity index (χ3n) is 5.35. The average molecular weight is 391 g/mol. The van der Waals surface area contributed by atoms with Gasteiger partial charge < -0.3 is 14.7 Å². The molecule has 1 saturated heterocycles. The van der Waals surface area contributed by atoms with Gasteiger partial charge in [-0.25, -0.2) is 4.79 Å². The van der Waals surface area contributed by atoms with Crippen LogP contribution < -0.4 is 5.32 Å². The summed E-state index contributed by atoms with van der Waals surface area (Å²) in [7, 11) is 0. The molecule has 5 atom stereocenters. The Kier molecular flexibility index (Phi) is 8.83. The van der Waals surface area contributed by atoms with Gasteiger partial charge in [0.1, 0.15) is 12.1 Å². The predicted molar refractivity (Wildman–Crippen MR) is 99.2 cm³/mol. The van der Waals surface area contributed by atoms with E-state index in [1.165, 1.54) is 0 Å². The molecule has 1 unspecified atom stereocenters. The highest BCUT2D eigenvalue weighted by molar-refractivity contribution is 5.88. The lowest BCUT2D eigenvalue weighted by molar-refractivity contribution is -0.151.